The minimum atomic E-state index is -0.198. The minimum Gasteiger partial charge on any atom is -0.482 e. The van der Waals surface area contributed by atoms with Crippen LogP contribution < -0.4 is 15.4 Å². The normalized spacial score (nSPS) is 16.2. The Hall–Kier alpha value is -1.59. The van der Waals surface area contributed by atoms with Crippen LogP contribution in [0.1, 0.15) is 18.5 Å². The second-order valence-electron chi connectivity index (χ2n) is 4.22. The van der Waals surface area contributed by atoms with E-state index < -0.39 is 0 Å². The van der Waals surface area contributed by atoms with Crippen LogP contribution in [0.5, 0.6) is 5.75 Å². The number of fused-ring (bicyclic) bond motifs is 1. The predicted molar refractivity (Wildman–Crippen MR) is 68.8 cm³/mol. The Balaban J connectivity index is 2.34. The summed E-state index contributed by atoms with van der Waals surface area (Å²) in [5.74, 6) is 0.701. The van der Waals surface area contributed by atoms with Crippen LogP contribution in [0.15, 0.2) is 18.2 Å². The Kier molecular flexibility index (Phi) is 3.84. The van der Waals surface area contributed by atoms with Gasteiger partial charge in [-0.15, -0.1) is 0 Å². The zero-order valence-electron chi connectivity index (χ0n) is 10.7. The molecule has 1 amide bonds. The third kappa shape index (κ3) is 2.32. The van der Waals surface area contributed by atoms with Crippen LogP contribution in [0.25, 0.3) is 0 Å². The molecule has 1 aromatic carbocycles. The average Bonchev–Trinajstić information content (AvgIpc) is 2.38. The molecule has 1 aromatic rings. The summed E-state index contributed by atoms with van der Waals surface area (Å²) in [5, 5.41) is 0. The van der Waals surface area contributed by atoms with E-state index in [0.717, 1.165) is 17.0 Å². The van der Waals surface area contributed by atoms with Crippen molar-refractivity contribution in [2.75, 3.05) is 31.8 Å². The number of hydrogen-bond acceptors (Lipinski definition) is 4. The second-order valence-corrected chi connectivity index (χ2v) is 4.22. The number of amides is 1. The summed E-state index contributed by atoms with van der Waals surface area (Å²) in [6, 6.07) is 5.47. The van der Waals surface area contributed by atoms with Crippen molar-refractivity contribution in [1.82, 2.24) is 0 Å². The number of carbonyl (C=O) groups is 1. The van der Waals surface area contributed by atoms with E-state index in [1.807, 2.05) is 25.1 Å². The molecule has 5 heteroatoms. The van der Waals surface area contributed by atoms with Crippen molar-refractivity contribution in [3.8, 4) is 5.75 Å². The topological polar surface area (TPSA) is 64.8 Å². The molecule has 2 rings (SSSR count). The quantitative estimate of drug-likeness (QED) is 0.868. The number of anilines is 1. The highest BCUT2D eigenvalue weighted by atomic mass is 16.5. The number of benzene rings is 1. The van der Waals surface area contributed by atoms with Crippen LogP contribution in [0.4, 0.5) is 5.69 Å². The van der Waals surface area contributed by atoms with E-state index in [2.05, 4.69) is 0 Å². The Bertz CT molecular complexity index is 448. The number of methoxy groups -OCH3 is 1. The van der Waals surface area contributed by atoms with E-state index in [9.17, 15) is 4.79 Å². The number of rotatable bonds is 4. The molecular weight excluding hydrogens is 232 g/mol. The van der Waals surface area contributed by atoms with Gasteiger partial charge in [0.05, 0.1) is 18.3 Å². The summed E-state index contributed by atoms with van der Waals surface area (Å²) in [7, 11) is 1.61. The lowest BCUT2D eigenvalue weighted by Crippen LogP contribution is -2.38. The first kappa shape index (κ1) is 12.9. The van der Waals surface area contributed by atoms with Gasteiger partial charge in [-0.2, -0.15) is 0 Å². The van der Waals surface area contributed by atoms with Gasteiger partial charge in [-0.25, -0.2) is 0 Å². The molecule has 2 N–H and O–H groups in total. The number of carbonyl (C=O) groups excluding carboxylic acids is 1. The Morgan fingerprint density at radius 1 is 1.56 bits per heavy atom. The zero-order valence-corrected chi connectivity index (χ0v) is 10.7. The van der Waals surface area contributed by atoms with Gasteiger partial charge in [0.25, 0.3) is 5.91 Å². The highest BCUT2D eigenvalue weighted by Crippen LogP contribution is 2.33. The van der Waals surface area contributed by atoms with E-state index in [1.54, 1.807) is 12.0 Å². The lowest BCUT2D eigenvalue weighted by atomic mass is 10.1. The Labute approximate surface area is 106 Å². The van der Waals surface area contributed by atoms with E-state index in [-0.39, 0.29) is 18.6 Å². The van der Waals surface area contributed by atoms with Crippen molar-refractivity contribution in [2.45, 2.75) is 13.0 Å². The fraction of sp³-hybridized carbons (Fsp3) is 0.462. The molecule has 1 atom stereocenters. The Morgan fingerprint density at radius 3 is 3.00 bits per heavy atom. The van der Waals surface area contributed by atoms with Crippen LogP contribution in [-0.4, -0.2) is 32.8 Å². The molecule has 5 nitrogen and oxygen atoms in total. The smallest absolute Gasteiger partial charge is 0.265 e. The molecule has 0 saturated carbocycles. The first-order valence-corrected chi connectivity index (χ1v) is 5.99. The molecule has 0 aromatic heterocycles. The molecule has 1 aliphatic rings. The molecule has 98 valence electrons. The lowest BCUT2D eigenvalue weighted by molar-refractivity contribution is -0.121. The average molecular weight is 250 g/mol. The molecule has 0 fully saturated rings. The monoisotopic (exact) mass is 250 g/mol. The van der Waals surface area contributed by atoms with Crippen LogP contribution in [0, 0.1) is 0 Å². The highest BCUT2D eigenvalue weighted by Gasteiger charge is 2.24. The molecular formula is C13H18N2O3. The van der Waals surface area contributed by atoms with Gasteiger partial charge < -0.3 is 20.1 Å². The minimum absolute atomic E-state index is 0.0255. The molecule has 0 aliphatic carbocycles. The number of nitrogens with zero attached hydrogens (tertiary/aromatic N) is 1. The van der Waals surface area contributed by atoms with Crippen LogP contribution in [0.2, 0.25) is 0 Å². The van der Waals surface area contributed by atoms with Crippen molar-refractivity contribution < 1.29 is 14.3 Å². The first-order valence-electron chi connectivity index (χ1n) is 5.99. The molecule has 18 heavy (non-hydrogen) atoms. The SMILES string of the molecule is CCN1C(=O)COc2ccc(C(N)COC)cc21. The molecule has 0 saturated heterocycles. The van der Waals surface area contributed by atoms with Gasteiger partial charge in [0.1, 0.15) is 5.75 Å². The summed E-state index contributed by atoms with van der Waals surface area (Å²) in [4.78, 5) is 13.5. The van der Waals surface area contributed by atoms with Crippen LogP contribution in [0.3, 0.4) is 0 Å². The number of nitrogens with two attached hydrogens (primary N) is 1. The van der Waals surface area contributed by atoms with E-state index in [4.69, 9.17) is 15.2 Å². The van der Waals surface area contributed by atoms with E-state index in [1.165, 1.54) is 0 Å². The van der Waals surface area contributed by atoms with Gasteiger partial charge in [-0.1, -0.05) is 6.07 Å². The van der Waals surface area contributed by atoms with Gasteiger partial charge in [0.2, 0.25) is 0 Å². The second kappa shape index (κ2) is 5.37. The van der Waals surface area contributed by atoms with Crippen molar-refractivity contribution in [1.29, 1.82) is 0 Å². The largest absolute Gasteiger partial charge is 0.482 e. The molecule has 0 spiro atoms. The van der Waals surface area contributed by atoms with Crippen LogP contribution >= 0.6 is 0 Å². The third-order valence-corrected chi connectivity index (χ3v) is 3.02. The van der Waals surface area contributed by atoms with Gasteiger partial charge in [-0.05, 0) is 24.6 Å². The van der Waals surface area contributed by atoms with Crippen molar-refractivity contribution in [3.05, 3.63) is 23.8 Å². The molecule has 0 radical (unpaired) electrons. The number of ether oxygens (including phenoxy) is 2. The van der Waals surface area contributed by atoms with Crippen molar-refractivity contribution >= 4 is 11.6 Å². The van der Waals surface area contributed by atoms with Gasteiger partial charge in [-0.3, -0.25) is 4.79 Å². The van der Waals surface area contributed by atoms with Gasteiger partial charge >= 0.3 is 0 Å². The molecule has 1 aliphatic heterocycles. The van der Waals surface area contributed by atoms with E-state index in [0.29, 0.717) is 13.2 Å². The van der Waals surface area contributed by atoms with E-state index >= 15 is 0 Å². The maximum absolute atomic E-state index is 11.7. The van der Waals surface area contributed by atoms with Crippen molar-refractivity contribution in [3.63, 3.8) is 0 Å². The summed E-state index contributed by atoms with van der Waals surface area (Å²) in [6.45, 7) is 3.11. The summed E-state index contributed by atoms with van der Waals surface area (Å²) in [6.07, 6.45) is 0. The molecule has 1 heterocycles. The fourth-order valence-corrected chi connectivity index (χ4v) is 2.07. The highest BCUT2D eigenvalue weighted by molar-refractivity contribution is 5.97. The summed E-state index contributed by atoms with van der Waals surface area (Å²) in [5.41, 5.74) is 7.72. The van der Waals surface area contributed by atoms with Gasteiger partial charge in [0, 0.05) is 13.7 Å². The standard InChI is InChI=1S/C13H18N2O3/c1-3-15-11-6-9(10(14)7-17-2)4-5-12(11)18-8-13(15)16/h4-6,10H,3,7-8,14H2,1-2H3. The summed E-state index contributed by atoms with van der Waals surface area (Å²) >= 11 is 0. The summed E-state index contributed by atoms with van der Waals surface area (Å²) < 4.78 is 10.4. The lowest BCUT2D eigenvalue weighted by Gasteiger charge is -2.29. The predicted octanol–water partition coefficient (Wildman–Crippen LogP) is 1.08. The van der Waals surface area contributed by atoms with Crippen LogP contribution in [-0.2, 0) is 9.53 Å². The third-order valence-electron chi connectivity index (χ3n) is 3.02. The molecule has 0 bridgehead atoms. The molecule has 1 unspecified atom stereocenters. The first-order chi connectivity index (χ1) is 8.67. The maximum Gasteiger partial charge on any atom is 0.265 e. The zero-order chi connectivity index (χ0) is 13.1. The fourth-order valence-electron chi connectivity index (χ4n) is 2.07. The number of hydrogen-bond donors (Lipinski definition) is 1. The Morgan fingerprint density at radius 2 is 2.33 bits per heavy atom. The van der Waals surface area contributed by atoms with Crippen molar-refractivity contribution in [2.24, 2.45) is 5.73 Å². The number of likely N-dealkylation sites (N-methyl/N-ethyl adjacent to an activating group) is 1. The maximum atomic E-state index is 11.7. The van der Waals surface area contributed by atoms with Gasteiger partial charge in [0.15, 0.2) is 6.61 Å².